The van der Waals surface area contributed by atoms with Crippen LogP contribution in [-0.2, 0) is 11.2 Å². The number of nitrogens with zero attached hydrogens (tertiary/aromatic N) is 1. The van der Waals surface area contributed by atoms with Crippen LogP contribution in [0, 0.1) is 0 Å². The number of rotatable bonds is 9. The fourth-order valence-electron chi connectivity index (χ4n) is 1.93. The molecule has 4 nitrogen and oxygen atoms in total. The van der Waals surface area contributed by atoms with Crippen molar-refractivity contribution < 1.29 is 4.74 Å². The molecule has 0 saturated heterocycles. The second kappa shape index (κ2) is 11.3. The molecule has 124 valence electrons. The Morgan fingerprint density at radius 2 is 2.14 bits per heavy atom. The number of hydrogen-bond donors (Lipinski definition) is 2. The van der Waals surface area contributed by atoms with E-state index in [0.717, 1.165) is 50.1 Å². The van der Waals surface area contributed by atoms with Crippen molar-refractivity contribution in [2.75, 3.05) is 26.2 Å². The molecule has 0 aromatic heterocycles. The summed E-state index contributed by atoms with van der Waals surface area (Å²) in [6.07, 6.45) is 2.14. The largest absolute Gasteiger partial charge is 0.379 e. The SMILES string of the molecule is CCNC(=NCCCOC(C)C)NCCc1cccc(Cl)c1. The minimum Gasteiger partial charge on any atom is -0.379 e. The third-order valence-electron chi connectivity index (χ3n) is 2.96. The quantitative estimate of drug-likeness (QED) is 0.416. The molecule has 0 aliphatic heterocycles. The summed E-state index contributed by atoms with van der Waals surface area (Å²) >= 11 is 5.99. The van der Waals surface area contributed by atoms with Gasteiger partial charge in [0.05, 0.1) is 6.10 Å². The summed E-state index contributed by atoms with van der Waals surface area (Å²) in [5.41, 5.74) is 1.22. The molecule has 0 spiro atoms. The van der Waals surface area contributed by atoms with Gasteiger partial charge in [-0.2, -0.15) is 0 Å². The van der Waals surface area contributed by atoms with Crippen LogP contribution in [0.3, 0.4) is 0 Å². The zero-order valence-corrected chi connectivity index (χ0v) is 14.6. The number of hydrogen-bond acceptors (Lipinski definition) is 2. The van der Waals surface area contributed by atoms with Crippen LogP contribution >= 0.6 is 11.6 Å². The van der Waals surface area contributed by atoms with Gasteiger partial charge in [-0.05, 0) is 51.3 Å². The van der Waals surface area contributed by atoms with E-state index < -0.39 is 0 Å². The van der Waals surface area contributed by atoms with Gasteiger partial charge in [-0.25, -0.2) is 0 Å². The van der Waals surface area contributed by atoms with Crippen LogP contribution in [-0.4, -0.2) is 38.3 Å². The van der Waals surface area contributed by atoms with E-state index in [2.05, 4.69) is 28.6 Å². The topological polar surface area (TPSA) is 45.7 Å². The molecule has 0 unspecified atom stereocenters. The van der Waals surface area contributed by atoms with Crippen LogP contribution in [0.5, 0.6) is 0 Å². The summed E-state index contributed by atoms with van der Waals surface area (Å²) in [6.45, 7) is 9.36. The maximum absolute atomic E-state index is 5.99. The molecule has 22 heavy (non-hydrogen) atoms. The van der Waals surface area contributed by atoms with Gasteiger partial charge in [0.1, 0.15) is 0 Å². The number of ether oxygens (including phenoxy) is 1. The van der Waals surface area contributed by atoms with Gasteiger partial charge in [0.25, 0.3) is 0 Å². The van der Waals surface area contributed by atoms with Gasteiger partial charge in [0.15, 0.2) is 5.96 Å². The summed E-state index contributed by atoms with van der Waals surface area (Å²) in [6, 6.07) is 7.95. The van der Waals surface area contributed by atoms with Gasteiger partial charge >= 0.3 is 0 Å². The lowest BCUT2D eigenvalue weighted by Crippen LogP contribution is -2.38. The van der Waals surface area contributed by atoms with E-state index in [1.807, 2.05) is 32.0 Å². The molecule has 5 heteroatoms. The van der Waals surface area contributed by atoms with Crippen molar-refractivity contribution >= 4 is 17.6 Å². The fraction of sp³-hybridized carbons (Fsp3) is 0.588. The summed E-state index contributed by atoms with van der Waals surface area (Å²) in [4.78, 5) is 4.55. The average molecular weight is 326 g/mol. The van der Waals surface area contributed by atoms with E-state index in [9.17, 15) is 0 Å². The van der Waals surface area contributed by atoms with Gasteiger partial charge in [-0.1, -0.05) is 23.7 Å². The maximum atomic E-state index is 5.99. The first-order valence-corrected chi connectivity index (χ1v) is 8.37. The van der Waals surface area contributed by atoms with Gasteiger partial charge in [0, 0.05) is 31.3 Å². The summed E-state index contributed by atoms with van der Waals surface area (Å²) < 4.78 is 5.51. The molecule has 0 aliphatic rings. The highest BCUT2D eigenvalue weighted by Crippen LogP contribution is 2.10. The Morgan fingerprint density at radius 1 is 1.32 bits per heavy atom. The Balaban J connectivity index is 2.30. The molecule has 0 amide bonds. The monoisotopic (exact) mass is 325 g/mol. The normalized spacial score (nSPS) is 11.8. The minimum atomic E-state index is 0.285. The van der Waals surface area contributed by atoms with Crippen LogP contribution in [0.2, 0.25) is 5.02 Å². The predicted molar refractivity (Wildman–Crippen MR) is 94.8 cm³/mol. The average Bonchev–Trinajstić information content (AvgIpc) is 2.46. The third kappa shape index (κ3) is 8.90. The highest BCUT2D eigenvalue weighted by molar-refractivity contribution is 6.30. The van der Waals surface area contributed by atoms with Crippen molar-refractivity contribution in [2.24, 2.45) is 4.99 Å². The molecule has 0 aliphatic carbocycles. The van der Waals surface area contributed by atoms with Crippen molar-refractivity contribution in [3.8, 4) is 0 Å². The molecule has 0 saturated carbocycles. The smallest absolute Gasteiger partial charge is 0.191 e. The highest BCUT2D eigenvalue weighted by atomic mass is 35.5. The maximum Gasteiger partial charge on any atom is 0.191 e. The Hall–Kier alpha value is -1.26. The molecule has 2 N–H and O–H groups in total. The van der Waals surface area contributed by atoms with E-state index in [4.69, 9.17) is 16.3 Å². The number of guanidine groups is 1. The second-order valence-corrected chi connectivity index (χ2v) is 5.78. The first kappa shape index (κ1) is 18.8. The molecular formula is C17H28ClN3O. The van der Waals surface area contributed by atoms with Gasteiger partial charge < -0.3 is 15.4 Å². The molecule has 1 aromatic carbocycles. The van der Waals surface area contributed by atoms with Crippen molar-refractivity contribution in [3.05, 3.63) is 34.9 Å². The lowest BCUT2D eigenvalue weighted by molar-refractivity contribution is 0.0782. The molecule has 0 atom stereocenters. The summed E-state index contributed by atoms with van der Waals surface area (Å²) in [7, 11) is 0. The van der Waals surface area contributed by atoms with E-state index in [0.29, 0.717) is 0 Å². The number of aliphatic imine (C=N–C) groups is 1. The zero-order chi connectivity index (χ0) is 16.2. The van der Waals surface area contributed by atoms with Crippen LogP contribution in [0.1, 0.15) is 32.8 Å². The fourth-order valence-corrected chi connectivity index (χ4v) is 2.15. The van der Waals surface area contributed by atoms with Crippen LogP contribution in [0.4, 0.5) is 0 Å². The van der Waals surface area contributed by atoms with E-state index >= 15 is 0 Å². The Morgan fingerprint density at radius 3 is 2.82 bits per heavy atom. The molecule has 0 bridgehead atoms. The van der Waals surface area contributed by atoms with Crippen LogP contribution < -0.4 is 10.6 Å². The standard InChI is InChI=1S/C17H28ClN3O/c1-4-19-17(20-10-6-12-22-14(2)3)21-11-9-15-7-5-8-16(18)13-15/h5,7-8,13-14H,4,6,9-12H2,1-3H3,(H2,19,20,21). The Kier molecular flexibility index (Phi) is 9.67. The van der Waals surface area contributed by atoms with Crippen molar-refractivity contribution in [2.45, 2.75) is 39.7 Å². The first-order chi connectivity index (χ1) is 10.6. The Bertz CT molecular complexity index is 449. The molecule has 0 heterocycles. The van der Waals surface area contributed by atoms with E-state index in [1.165, 1.54) is 5.56 Å². The second-order valence-electron chi connectivity index (χ2n) is 5.34. The van der Waals surface area contributed by atoms with Gasteiger partial charge in [0.2, 0.25) is 0 Å². The summed E-state index contributed by atoms with van der Waals surface area (Å²) in [5, 5.41) is 7.38. The highest BCUT2D eigenvalue weighted by Gasteiger charge is 1.99. The summed E-state index contributed by atoms with van der Waals surface area (Å²) in [5.74, 6) is 0.856. The molecular weight excluding hydrogens is 298 g/mol. The number of benzene rings is 1. The molecule has 0 fully saturated rings. The first-order valence-electron chi connectivity index (χ1n) is 8.00. The van der Waals surface area contributed by atoms with Crippen molar-refractivity contribution in [1.29, 1.82) is 0 Å². The number of nitrogens with one attached hydrogen (secondary N) is 2. The van der Waals surface area contributed by atoms with E-state index in [-0.39, 0.29) is 6.10 Å². The van der Waals surface area contributed by atoms with Crippen molar-refractivity contribution in [1.82, 2.24) is 10.6 Å². The minimum absolute atomic E-state index is 0.285. The molecule has 0 radical (unpaired) electrons. The van der Waals surface area contributed by atoms with Crippen LogP contribution in [0.15, 0.2) is 29.3 Å². The molecule has 1 aromatic rings. The third-order valence-corrected chi connectivity index (χ3v) is 3.20. The lowest BCUT2D eigenvalue weighted by atomic mass is 10.1. The Labute approximate surface area is 139 Å². The van der Waals surface area contributed by atoms with Gasteiger partial charge in [-0.15, -0.1) is 0 Å². The van der Waals surface area contributed by atoms with Crippen LogP contribution in [0.25, 0.3) is 0 Å². The predicted octanol–water partition coefficient (Wildman–Crippen LogP) is 3.25. The molecule has 1 rings (SSSR count). The van der Waals surface area contributed by atoms with Gasteiger partial charge in [-0.3, -0.25) is 4.99 Å². The zero-order valence-electron chi connectivity index (χ0n) is 13.9. The van der Waals surface area contributed by atoms with E-state index in [1.54, 1.807) is 0 Å². The van der Waals surface area contributed by atoms with Crippen molar-refractivity contribution in [3.63, 3.8) is 0 Å². The lowest BCUT2D eigenvalue weighted by Gasteiger charge is -2.11. The number of halogens is 1.